The maximum absolute atomic E-state index is 13.0. The SMILES string of the molecule is Cc1cc(-c2sc(-c3ccc4c(c3)C3CCCC3N4c3ccc4c(c3)-c3ccccc3C4(C)C)cc2C)sc1/C=C/C=C1\C(=O)c2ccc(C(=O)O)cc2C1=O. The van der Waals surface area contributed by atoms with Crippen molar-refractivity contribution in [3.63, 3.8) is 0 Å². The van der Waals surface area contributed by atoms with E-state index in [0.717, 1.165) is 10.4 Å². The molecule has 1 saturated carbocycles. The molecule has 1 fully saturated rings. The van der Waals surface area contributed by atoms with Crippen molar-refractivity contribution < 1.29 is 19.5 Å². The summed E-state index contributed by atoms with van der Waals surface area (Å²) >= 11 is 3.53. The number of carboxylic acid groups (broad SMARTS) is 1. The number of aromatic carboxylic acids is 1. The quantitative estimate of drug-likeness (QED) is 0.135. The van der Waals surface area contributed by atoms with Gasteiger partial charge in [-0.3, -0.25) is 9.59 Å². The number of aryl methyl sites for hydroxylation is 2. The number of hydrogen-bond donors (Lipinski definition) is 1. The van der Waals surface area contributed by atoms with E-state index in [1.807, 2.05) is 17.4 Å². The van der Waals surface area contributed by atoms with Crippen LogP contribution in [0.4, 0.5) is 11.4 Å². The molecular formula is C49H39NO4S2. The zero-order valence-corrected chi connectivity index (χ0v) is 33.2. The van der Waals surface area contributed by atoms with Gasteiger partial charge in [-0.1, -0.05) is 62.7 Å². The van der Waals surface area contributed by atoms with E-state index in [9.17, 15) is 19.5 Å². The lowest BCUT2D eigenvalue weighted by Gasteiger charge is -2.28. The van der Waals surface area contributed by atoms with E-state index >= 15 is 0 Å². The first-order valence-corrected chi connectivity index (χ1v) is 20.9. The Morgan fingerprint density at radius 2 is 1.57 bits per heavy atom. The van der Waals surface area contributed by atoms with E-state index in [4.69, 9.17) is 0 Å². The number of thiophene rings is 2. The lowest BCUT2D eigenvalue weighted by molar-refractivity contribution is 0.0696. The van der Waals surface area contributed by atoms with Gasteiger partial charge in [0.15, 0.2) is 11.6 Å². The maximum atomic E-state index is 13.0. The van der Waals surface area contributed by atoms with E-state index in [-0.39, 0.29) is 33.5 Å². The second-order valence-corrected chi connectivity index (χ2v) is 18.2. The molecule has 1 aliphatic heterocycles. The highest BCUT2D eigenvalue weighted by Crippen LogP contribution is 2.56. The number of carbonyl (C=O) groups is 3. The van der Waals surface area contributed by atoms with Gasteiger partial charge in [-0.25, -0.2) is 4.79 Å². The van der Waals surface area contributed by atoms with Gasteiger partial charge in [0, 0.05) is 59.4 Å². The minimum atomic E-state index is -1.13. The molecule has 0 spiro atoms. The Morgan fingerprint density at radius 1 is 0.786 bits per heavy atom. The van der Waals surface area contributed by atoms with E-state index in [1.165, 1.54) is 102 Å². The molecule has 3 heterocycles. The first kappa shape index (κ1) is 34.8. The number of rotatable bonds is 6. The summed E-state index contributed by atoms with van der Waals surface area (Å²) < 4.78 is 0. The summed E-state index contributed by atoms with van der Waals surface area (Å²) in [5.74, 6) is -1.42. The number of carboxylic acids is 1. The fraction of sp³-hybridized carbons (Fsp3) is 0.204. The first-order valence-electron chi connectivity index (χ1n) is 19.2. The first-order chi connectivity index (χ1) is 27.0. The molecule has 0 saturated heterocycles. The number of fused-ring (bicyclic) bond motifs is 7. The molecule has 2 unspecified atom stereocenters. The van der Waals surface area contributed by atoms with Gasteiger partial charge < -0.3 is 10.0 Å². The highest BCUT2D eigenvalue weighted by Gasteiger charge is 2.43. The van der Waals surface area contributed by atoms with Crippen molar-refractivity contribution >= 4 is 57.7 Å². The van der Waals surface area contributed by atoms with Gasteiger partial charge in [0.1, 0.15) is 0 Å². The Bertz CT molecular complexity index is 2780. The fourth-order valence-corrected chi connectivity index (χ4v) is 12.1. The molecular weight excluding hydrogens is 731 g/mol. The predicted molar refractivity (Wildman–Crippen MR) is 228 cm³/mol. The molecule has 276 valence electrons. The zero-order chi connectivity index (χ0) is 38.6. The van der Waals surface area contributed by atoms with Crippen LogP contribution in [0.1, 0.15) is 103 Å². The normalized spacial score (nSPS) is 19.5. The fourth-order valence-electron chi connectivity index (χ4n) is 9.69. The highest BCUT2D eigenvalue weighted by molar-refractivity contribution is 7.24. The Kier molecular flexibility index (Phi) is 7.90. The number of carbonyl (C=O) groups excluding carboxylic acids is 2. The molecule has 0 radical (unpaired) electrons. The van der Waals surface area contributed by atoms with Gasteiger partial charge in [0.25, 0.3) is 0 Å². The van der Waals surface area contributed by atoms with E-state index in [0.29, 0.717) is 12.0 Å². The highest BCUT2D eigenvalue weighted by atomic mass is 32.1. The summed E-state index contributed by atoms with van der Waals surface area (Å²) in [4.78, 5) is 44.8. The molecule has 1 N–H and O–H groups in total. The number of nitrogens with zero attached hydrogens (tertiary/aromatic N) is 1. The maximum Gasteiger partial charge on any atom is 0.335 e. The largest absolute Gasteiger partial charge is 0.478 e. The van der Waals surface area contributed by atoms with Crippen LogP contribution in [-0.2, 0) is 5.41 Å². The Hall–Kier alpha value is -5.63. The van der Waals surface area contributed by atoms with Gasteiger partial charge in [-0.15, -0.1) is 22.7 Å². The second-order valence-electron chi connectivity index (χ2n) is 16.1. The van der Waals surface area contributed by atoms with Crippen LogP contribution in [0, 0.1) is 13.8 Å². The molecule has 56 heavy (non-hydrogen) atoms. The molecule has 4 aliphatic rings. The summed E-state index contributed by atoms with van der Waals surface area (Å²) in [5.41, 5.74) is 13.7. The Labute approximate surface area is 334 Å². The van der Waals surface area contributed by atoms with Crippen LogP contribution in [-0.4, -0.2) is 28.7 Å². The van der Waals surface area contributed by atoms with Crippen molar-refractivity contribution in [2.75, 3.05) is 4.90 Å². The molecule has 5 nitrogen and oxygen atoms in total. The molecule has 6 aromatic rings. The molecule has 4 aromatic carbocycles. The van der Waals surface area contributed by atoms with Crippen molar-refractivity contribution in [1.29, 1.82) is 0 Å². The van der Waals surface area contributed by atoms with Crippen molar-refractivity contribution in [1.82, 2.24) is 0 Å². The molecule has 7 heteroatoms. The van der Waals surface area contributed by atoms with Gasteiger partial charge >= 0.3 is 5.97 Å². The van der Waals surface area contributed by atoms with Gasteiger partial charge in [0.05, 0.1) is 11.1 Å². The smallest absolute Gasteiger partial charge is 0.335 e. The number of allylic oxidation sites excluding steroid dienone is 3. The summed E-state index contributed by atoms with van der Waals surface area (Å²) in [7, 11) is 0. The number of Topliss-reactive ketones (excluding diaryl/α,β-unsaturated/α-hetero) is 2. The zero-order valence-electron chi connectivity index (χ0n) is 31.6. The van der Waals surface area contributed by atoms with Gasteiger partial charge in [-0.05, 0) is 138 Å². The van der Waals surface area contributed by atoms with Crippen molar-refractivity contribution in [3.8, 4) is 31.3 Å². The lowest BCUT2D eigenvalue weighted by atomic mass is 9.82. The Balaban J connectivity index is 0.925. The predicted octanol–water partition coefficient (Wildman–Crippen LogP) is 12.6. The third kappa shape index (κ3) is 5.21. The topological polar surface area (TPSA) is 74.7 Å². The van der Waals surface area contributed by atoms with E-state index in [2.05, 4.69) is 105 Å². The monoisotopic (exact) mass is 769 g/mol. The van der Waals surface area contributed by atoms with Crippen molar-refractivity contribution in [3.05, 3.63) is 158 Å². The average Bonchev–Trinajstić information content (AvgIpc) is 4.03. The molecule has 2 atom stereocenters. The van der Waals surface area contributed by atoms with Crippen molar-refractivity contribution in [2.45, 2.75) is 64.3 Å². The molecule has 0 amide bonds. The third-order valence-electron chi connectivity index (χ3n) is 12.5. The lowest BCUT2D eigenvalue weighted by Crippen LogP contribution is -2.26. The minimum Gasteiger partial charge on any atom is -0.478 e. The average molecular weight is 770 g/mol. The van der Waals surface area contributed by atoms with E-state index in [1.54, 1.807) is 23.5 Å². The third-order valence-corrected chi connectivity index (χ3v) is 15.1. The van der Waals surface area contributed by atoms with Crippen LogP contribution in [0.5, 0.6) is 0 Å². The van der Waals surface area contributed by atoms with Gasteiger partial charge in [0.2, 0.25) is 0 Å². The van der Waals surface area contributed by atoms with Gasteiger partial charge in [-0.2, -0.15) is 0 Å². The minimum absolute atomic E-state index is 0.00192. The molecule has 0 bridgehead atoms. The van der Waals surface area contributed by atoms with Crippen LogP contribution in [0.3, 0.4) is 0 Å². The standard InChI is InChI=1S/C49H39NO4S2/c1-26-21-44(55-42(26)14-8-11-34-45(51)33-18-15-29(48(53)54)24-37(33)46(34)52)47-27(2)22-43(56-47)28-16-20-41-36(23-28)32-10-7-13-40(32)50(41)30-17-19-39-35(25-30)31-9-5-6-12-38(31)49(39,3)4/h5-6,8-9,11-12,14-25,32,40H,7,10,13H2,1-4H3,(H,53,54)/b14-8+,34-11+. The molecule has 10 rings (SSSR count). The second kappa shape index (κ2) is 12.7. The van der Waals surface area contributed by atoms with Crippen LogP contribution in [0.2, 0.25) is 0 Å². The van der Waals surface area contributed by atoms with Crippen LogP contribution in [0.15, 0.2) is 109 Å². The number of anilines is 2. The number of ketones is 2. The number of benzene rings is 4. The van der Waals surface area contributed by atoms with Crippen molar-refractivity contribution in [2.24, 2.45) is 0 Å². The summed E-state index contributed by atoms with van der Waals surface area (Å²) in [6, 6.07) is 32.3. The van der Waals surface area contributed by atoms with Crippen LogP contribution < -0.4 is 4.90 Å². The summed E-state index contributed by atoms with van der Waals surface area (Å²) in [6.45, 7) is 8.95. The molecule has 2 aromatic heterocycles. The molecule has 3 aliphatic carbocycles. The summed E-state index contributed by atoms with van der Waals surface area (Å²) in [5, 5.41) is 9.33. The summed E-state index contributed by atoms with van der Waals surface area (Å²) in [6.07, 6.45) is 8.91. The van der Waals surface area contributed by atoms with E-state index < -0.39 is 11.8 Å². The van der Waals surface area contributed by atoms with Crippen LogP contribution in [0.25, 0.3) is 37.4 Å². The van der Waals surface area contributed by atoms with Crippen LogP contribution >= 0.6 is 22.7 Å². The Morgan fingerprint density at radius 3 is 2.41 bits per heavy atom. The number of hydrogen-bond acceptors (Lipinski definition) is 6.